The molecule has 0 radical (unpaired) electrons. The third kappa shape index (κ3) is 4.65. The minimum Gasteiger partial charge on any atom is -0.444 e. The Labute approximate surface area is 183 Å². The lowest BCUT2D eigenvalue weighted by atomic mass is 9.94. The first kappa shape index (κ1) is 21.6. The van der Waals surface area contributed by atoms with Crippen LogP contribution in [0.4, 0.5) is 20.7 Å². The van der Waals surface area contributed by atoms with Gasteiger partial charge in [0.25, 0.3) is 5.91 Å². The molecule has 1 unspecified atom stereocenters. The van der Waals surface area contributed by atoms with Crippen molar-refractivity contribution in [3.05, 3.63) is 41.8 Å². The number of halogens is 1. The first-order valence-corrected chi connectivity index (χ1v) is 10.3. The smallest absolute Gasteiger partial charge is 0.410 e. The fourth-order valence-corrected chi connectivity index (χ4v) is 3.88. The number of carbonyl (C=O) groups is 2. The van der Waals surface area contributed by atoms with Gasteiger partial charge >= 0.3 is 6.09 Å². The van der Waals surface area contributed by atoms with Gasteiger partial charge in [0.1, 0.15) is 17.5 Å². The fraction of sp³-hybridized carbons (Fsp3) is 0.429. The highest BCUT2D eigenvalue weighted by Gasteiger charge is 2.35. The topological polar surface area (TPSA) is 136 Å². The van der Waals surface area contributed by atoms with E-state index in [0.717, 1.165) is 0 Å². The van der Waals surface area contributed by atoms with Crippen molar-refractivity contribution in [2.45, 2.75) is 25.0 Å². The number of hydrogen-bond acceptors (Lipinski definition) is 7. The van der Waals surface area contributed by atoms with Crippen LogP contribution in [0.1, 0.15) is 29.2 Å². The zero-order chi connectivity index (χ0) is 22.7. The van der Waals surface area contributed by atoms with Gasteiger partial charge in [0.2, 0.25) is 0 Å². The molecule has 3 heterocycles. The summed E-state index contributed by atoms with van der Waals surface area (Å²) in [6.07, 6.45) is 1.88. The van der Waals surface area contributed by atoms with Crippen LogP contribution in [0.15, 0.2) is 30.5 Å². The van der Waals surface area contributed by atoms with Crippen LogP contribution in [-0.4, -0.2) is 59.1 Å². The van der Waals surface area contributed by atoms with Gasteiger partial charge in [0.15, 0.2) is 5.82 Å². The van der Waals surface area contributed by atoms with Crippen LogP contribution in [0.2, 0.25) is 0 Å². The molecule has 2 amide bonds. The number of aromatic nitrogens is 2. The van der Waals surface area contributed by atoms with Crippen molar-refractivity contribution in [2.75, 3.05) is 31.6 Å². The molecule has 0 spiro atoms. The normalized spacial score (nSPS) is 22.9. The van der Waals surface area contributed by atoms with Gasteiger partial charge in [0, 0.05) is 31.4 Å². The summed E-state index contributed by atoms with van der Waals surface area (Å²) >= 11 is 0. The van der Waals surface area contributed by atoms with Crippen molar-refractivity contribution in [3.8, 4) is 6.07 Å². The molecule has 2 saturated heterocycles. The molecular formula is C21H23FN6O4. The molecule has 3 atom stereocenters. The Kier molecular flexibility index (Phi) is 6.23. The Morgan fingerprint density at radius 2 is 2.09 bits per heavy atom. The SMILES string of the molecule is N#C[C@H]1CN(C(=O)OC2CCOC2)CC[C@H]1n1cc(C(N)=O)c(Nc2ccc(F)cc2)n1. The highest BCUT2D eigenvalue weighted by atomic mass is 19.1. The van der Waals surface area contributed by atoms with E-state index in [-0.39, 0.29) is 35.9 Å². The molecule has 10 nitrogen and oxygen atoms in total. The maximum atomic E-state index is 13.2. The predicted molar refractivity (Wildman–Crippen MR) is 110 cm³/mol. The van der Waals surface area contributed by atoms with Gasteiger partial charge in [-0.3, -0.25) is 9.48 Å². The molecule has 2 aromatic rings. The van der Waals surface area contributed by atoms with E-state index < -0.39 is 17.9 Å². The van der Waals surface area contributed by atoms with Crippen molar-refractivity contribution < 1.29 is 23.5 Å². The van der Waals surface area contributed by atoms with E-state index in [2.05, 4.69) is 16.5 Å². The molecule has 32 heavy (non-hydrogen) atoms. The van der Waals surface area contributed by atoms with Gasteiger partial charge in [0.05, 0.1) is 31.2 Å². The van der Waals surface area contributed by atoms with E-state index in [1.807, 2.05) is 0 Å². The third-order valence-corrected chi connectivity index (χ3v) is 5.60. The molecule has 2 aliphatic rings. The van der Waals surface area contributed by atoms with Crippen LogP contribution >= 0.6 is 0 Å². The number of rotatable bonds is 5. The van der Waals surface area contributed by atoms with Crippen molar-refractivity contribution in [1.29, 1.82) is 5.26 Å². The Morgan fingerprint density at radius 1 is 1.31 bits per heavy atom. The molecule has 4 rings (SSSR count). The minimum absolute atomic E-state index is 0.147. The van der Waals surface area contributed by atoms with Crippen molar-refractivity contribution in [1.82, 2.24) is 14.7 Å². The lowest BCUT2D eigenvalue weighted by Gasteiger charge is -2.35. The van der Waals surface area contributed by atoms with Crippen molar-refractivity contribution in [2.24, 2.45) is 11.7 Å². The van der Waals surface area contributed by atoms with Crippen LogP contribution in [0, 0.1) is 23.1 Å². The number of nitrogens with two attached hydrogens (primary N) is 1. The van der Waals surface area contributed by atoms with Gasteiger partial charge in [-0.15, -0.1) is 0 Å². The average molecular weight is 442 g/mol. The second-order valence-corrected chi connectivity index (χ2v) is 7.77. The summed E-state index contributed by atoms with van der Waals surface area (Å²) in [5, 5.41) is 17.1. The van der Waals surface area contributed by atoms with E-state index in [9.17, 15) is 19.2 Å². The molecule has 0 saturated carbocycles. The summed E-state index contributed by atoms with van der Waals surface area (Å²) in [4.78, 5) is 25.9. The summed E-state index contributed by atoms with van der Waals surface area (Å²) in [5.41, 5.74) is 6.18. The lowest BCUT2D eigenvalue weighted by molar-refractivity contribution is 0.0410. The van der Waals surface area contributed by atoms with Gasteiger partial charge in [-0.1, -0.05) is 0 Å². The van der Waals surface area contributed by atoms with Crippen LogP contribution in [-0.2, 0) is 9.47 Å². The largest absolute Gasteiger partial charge is 0.444 e. The standard InChI is InChI=1S/C21H23FN6O4/c22-14-1-3-15(4-2-14)25-20-17(19(24)29)11-28(26-20)18-5-7-27(10-13(18)9-23)21(30)32-16-6-8-31-12-16/h1-4,11,13,16,18H,5-8,10,12H2,(H2,24,29)(H,25,26)/t13-,16?,18+/m0/s1. The van der Waals surface area contributed by atoms with Crippen LogP contribution in [0.3, 0.4) is 0 Å². The predicted octanol–water partition coefficient (Wildman–Crippen LogP) is 2.18. The molecule has 3 N–H and O–H groups in total. The van der Waals surface area contributed by atoms with Crippen LogP contribution in [0.25, 0.3) is 0 Å². The number of nitrogens with zero attached hydrogens (tertiary/aromatic N) is 4. The van der Waals surface area contributed by atoms with E-state index in [0.29, 0.717) is 38.3 Å². The number of primary amides is 1. The monoisotopic (exact) mass is 442 g/mol. The number of hydrogen-bond donors (Lipinski definition) is 2. The van der Waals surface area contributed by atoms with E-state index in [4.69, 9.17) is 15.2 Å². The Hall–Kier alpha value is -3.65. The number of piperidine rings is 1. The summed E-state index contributed by atoms with van der Waals surface area (Å²) in [6, 6.07) is 7.45. The van der Waals surface area contributed by atoms with Crippen LogP contribution in [0.5, 0.6) is 0 Å². The zero-order valence-corrected chi connectivity index (χ0v) is 17.2. The number of carbonyl (C=O) groups excluding carboxylic acids is 2. The first-order valence-electron chi connectivity index (χ1n) is 10.3. The third-order valence-electron chi connectivity index (χ3n) is 5.60. The highest BCUT2D eigenvalue weighted by molar-refractivity contribution is 5.98. The lowest BCUT2D eigenvalue weighted by Crippen LogP contribution is -2.45. The molecule has 168 valence electrons. The first-order chi connectivity index (χ1) is 15.4. The van der Waals surface area contributed by atoms with Crippen molar-refractivity contribution >= 4 is 23.5 Å². The number of ether oxygens (including phenoxy) is 2. The summed E-state index contributed by atoms with van der Waals surface area (Å²) in [7, 11) is 0. The molecule has 1 aromatic carbocycles. The Morgan fingerprint density at radius 3 is 2.75 bits per heavy atom. The summed E-state index contributed by atoms with van der Waals surface area (Å²) < 4.78 is 25.4. The van der Waals surface area contributed by atoms with Gasteiger partial charge in [-0.25, -0.2) is 9.18 Å². The number of likely N-dealkylation sites (tertiary alicyclic amines) is 1. The molecule has 0 aliphatic carbocycles. The highest BCUT2D eigenvalue weighted by Crippen LogP contribution is 2.31. The maximum absolute atomic E-state index is 13.2. The number of anilines is 2. The molecule has 11 heteroatoms. The summed E-state index contributed by atoms with van der Waals surface area (Å²) in [6.45, 7) is 1.51. The number of benzene rings is 1. The van der Waals surface area contributed by atoms with Crippen LogP contribution < -0.4 is 11.1 Å². The number of nitrogens with one attached hydrogen (secondary N) is 1. The second-order valence-electron chi connectivity index (χ2n) is 7.77. The zero-order valence-electron chi connectivity index (χ0n) is 17.2. The second kappa shape index (κ2) is 9.23. The quantitative estimate of drug-likeness (QED) is 0.724. The fourth-order valence-electron chi connectivity index (χ4n) is 3.88. The van der Waals surface area contributed by atoms with Gasteiger partial charge in [-0.2, -0.15) is 10.4 Å². The van der Waals surface area contributed by atoms with E-state index >= 15 is 0 Å². The maximum Gasteiger partial charge on any atom is 0.410 e. The number of nitriles is 1. The van der Waals surface area contributed by atoms with E-state index in [1.54, 1.807) is 0 Å². The Balaban J connectivity index is 1.49. The average Bonchev–Trinajstić information content (AvgIpc) is 3.45. The molecule has 2 aliphatic heterocycles. The molecular weight excluding hydrogens is 419 g/mol. The van der Waals surface area contributed by atoms with Crippen molar-refractivity contribution in [3.63, 3.8) is 0 Å². The minimum atomic E-state index is -0.686. The molecule has 1 aromatic heterocycles. The molecule has 2 fully saturated rings. The summed E-state index contributed by atoms with van der Waals surface area (Å²) in [5.74, 6) is -1.42. The Bertz CT molecular complexity index is 1030. The van der Waals surface area contributed by atoms with E-state index in [1.165, 1.54) is 40.0 Å². The van der Waals surface area contributed by atoms with Gasteiger partial charge < -0.3 is 25.4 Å². The van der Waals surface area contributed by atoms with Gasteiger partial charge in [-0.05, 0) is 30.7 Å². The molecule has 0 bridgehead atoms. The number of amides is 2.